The van der Waals surface area contributed by atoms with Crippen LogP contribution in [0.4, 0.5) is 17.1 Å². The van der Waals surface area contributed by atoms with Gasteiger partial charge in [0.15, 0.2) is 0 Å². The Hall–Kier alpha value is -7.97. The zero-order valence-electron chi connectivity index (χ0n) is 29.6. The fourth-order valence-electron chi connectivity index (χ4n) is 7.34. The van der Waals surface area contributed by atoms with Crippen molar-refractivity contribution in [2.45, 2.75) is 0 Å². The van der Waals surface area contributed by atoms with E-state index in [1.54, 1.807) is 0 Å². The quantitative estimate of drug-likeness (QED) is 0.173. The molecule has 0 aliphatic carbocycles. The monoisotopic (exact) mass is 698 g/mol. The zero-order chi connectivity index (χ0) is 37.3. The maximum Gasteiger partial charge on any atom is 0.0991 e. The van der Waals surface area contributed by atoms with Gasteiger partial charge in [-0.05, 0) is 157 Å². The zero-order valence-corrected chi connectivity index (χ0v) is 29.6. The summed E-state index contributed by atoms with van der Waals surface area (Å²) < 4.78 is 0. The van der Waals surface area contributed by atoms with Gasteiger partial charge in [0.2, 0.25) is 0 Å². The largest absolute Gasteiger partial charge is 0.311 e. The lowest BCUT2D eigenvalue weighted by molar-refractivity contribution is 1.28. The predicted molar refractivity (Wildman–Crippen MR) is 224 cm³/mol. The minimum atomic E-state index is 0.658. The van der Waals surface area contributed by atoms with Crippen LogP contribution in [0.15, 0.2) is 182 Å². The minimum absolute atomic E-state index is 0.658. The topological polar surface area (TPSA) is 74.6 Å². The molecular formula is C51H30N4. The maximum absolute atomic E-state index is 9.33. The Morgan fingerprint density at radius 2 is 0.491 bits per heavy atom. The molecule has 55 heavy (non-hydrogen) atoms. The highest BCUT2D eigenvalue weighted by Crippen LogP contribution is 2.38. The van der Waals surface area contributed by atoms with Crippen molar-refractivity contribution >= 4 is 49.4 Å². The Kier molecular flexibility index (Phi) is 8.30. The second-order valence-electron chi connectivity index (χ2n) is 13.6. The average Bonchev–Trinajstić information content (AvgIpc) is 3.26. The molecule has 0 aromatic heterocycles. The summed E-state index contributed by atoms with van der Waals surface area (Å²) in [5.41, 5.74) is 11.7. The second-order valence-corrected chi connectivity index (χ2v) is 13.6. The summed E-state index contributed by atoms with van der Waals surface area (Å²) in [5, 5.41) is 34.4. The van der Waals surface area contributed by atoms with Gasteiger partial charge in [-0.1, -0.05) is 91.0 Å². The smallest absolute Gasteiger partial charge is 0.0991 e. The lowest BCUT2D eigenvalue weighted by Crippen LogP contribution is -2.09. The molecular weight excluding hydrogens is 669 g/mol. The van der Waals surface area contributed by atoms with Gasteiger partial charge in [0.1, 0.15) is 0 Å². The third-order valence-electron chi connectivity index (χ3n) is 10.3. The fraction of sp³-hybridized carbons (Fsp3) is 0. The molecule has 9 aromatic carbocycles. The molecule has 0 atom stereocenters. The Morgan fingerprint density at radius 3 is 0.764 bits per heavy atom. The van der Waals surface area contributed by atoms with Crippen LogP contribution in [0, 0.1) is 34.0 Å². The van der Waals surface area contributed by atoms with Crippen LogP contribution in [-0.4, -0.2) is 0 Å². The number of anilines is 3. The molecule has 0 unspecified atom stereocenters. The molecule has 4 heteroatoms. The highest BCUT2D eigenvalue weighted by atomic mass is 15.1. The standard InChI is InChI=1S/C51H30N4/c52-31-34-1-4-46-28-43(10-7-40(46)25-34)37-13-19-49(20-14-37)55(50-21-15-38(16-22-50)44-11-8-41-26-35(32-53)2-5-47(41)29-44)51-23-17-39(18-24-51)45-12-9-42-27-36(33-54)3-6-48(42)30-45/h1-30H. The van der Waals surface area contributed by atoms with Gasteiger partial charge >= 0.3 is 0 Å². The third kappa shape index (κ3) is 6.41. The van der Waals surface area contributed by atoms with E-state index in [9.17, 15) is 15.8 Å². The Balaban J connectivity index is 1.07. The van der Waals surface area contributed by atoms with Crippen LogP contribution in [0.1, 0.15) is 16.7 Å². The number of benzene rings is 9. The van der Waals surface area contributed by atoms with Gasteiger partial charge < -0.3 is 4.90 Å². The summed E-state index contributed by atoms with van der Waals surface area (Å²) in [5.74, 6) is 0. The van der Waals surface area contributed by atoms with Gasteiger partial charge in [0, 0.05) is 17.1 Å². The van der Waals surface area contributed by atoms with E-state index in [1.807, 2.05) is 54.6 Å². The van der Waals surface area contributed by atoms with E-state index in [4.69, 9.17) is 0 Å². The van der Waals surface area contributed by atoms with Crippen LogP contribution in [-0.2, 0) is 0 Å². The van der Waals surface area contributed by atoms with Crippen molar-refractivity contribution in [1.82, 2.24) is 0 Å². The van der Waals surface area contributed by atoms with Crippen molar-refractivity contribution in [2.24, 2.45) is 0 Å². The van der Waals surface area contributed by atoms with Gasteiger partial charge in [0.25, 0.3) is 0 Å². The summed E-state index contributed by atoms with van der Waals surface area (Å²) in [7, 11) is 0. The summed E-state index contributed by atoms with van der Waals surface area (Å²) in [4.78, 5) is 2.27. The van der Waals surface area contributed by atoms with Crippen LogP contribution in [0.2, 0.25) is 0 Å². The molecule has 4 nitrogen and oxygen atoms in total. The third-order valence-corrected chi connectivity index (χ3v) is 10.3. The van der Waals surface area contributed by atoms with E-state index in [1.165, 1.54) is 0 Å². The van der Waals surface area contributed by atoms with E-state index in [-0.39, 0.29) is 0 Å². The minimum Gasteiger partial charge on any atom is -0.311 e. The fourth-order valence-corrected chi connectivity index (χ4v) is 7.34. The molecule has 0 aliphatic rings. The summed E-state index contributed by atoms with van der Waals surface area (Å²) >= 11 is 0. The van der Waals surface area contributed by atoms with Crippen molar-refractivity contribution in [1.29, 1.82) is 15.8 Å². The molecule has 0 saturated heterocycles. The first-order valence-corrected chi connectivity index (χ1v) is 18.0. The highest BCUT2D eigenvalue weighted by molar-refractivity contribution is 5.91. The van der Waals surface area contributed by atoms with Crippen molar-refractivity contribution in [2.75, 3.05) is 4.90 Å². The van der Waals surface area contributed by atoms with Gasteiger partial charge in [-0.3, -0.25) is 0 Å². The number of hydrogen-bond acceptors (Lipinski definition) is 4. The molecule has 0 aliphatic heterocycles. The first-order valence-electron chi connectivity index (χ1n) is 18.0. The van der Waals surface area contributed by atoms with E-state index in [2.05, 4.69) is 151 Å². The van der Waals surface area contributed by atoms with Crippen molar-refractivity contribution < 1.29 is 0 Å². The SMILES string of the molecule is N#Cc1ccc2cc(-c3ccc(N(c4ccc(-c5ccc6cc(C#N)ccc6c5)cc4)c4ccc(-c5ccc6cc(C#N)ccc6c5)cc4)cc3)ccc2c1. The number of fused-ring (bicyclic) bond motifs is 3. The first kappa shape index (κ1) is 32.9. The van der Waals surface area contributed by atoms with E-state index >= 15 is 0 Å². The molecule has 0 saturated carbocycles. The van der Waals surface area contributed by atoms with Gasteiger partial charge in [-0.25, -0.2) is 0 Å². The lowest BCUT2D eigenvalue weighted by Gasteiger charge is -2.26. The van der Waals surface area contributed by atoms with Crippen molar-refractivity contribution in [3.05, 3.63) is 199 Å². The maximum atomic E-state index is 9.33. The van der Waals surface area contributed by atoms with Gasteiger partial charge in [-0.15, -0.1) is 0 Å². The molecule has 0 radical (unpaired) electrons. The Morgan fingerprint density at radius 1 is 0.255 bits per heavy atom. The molecule has 0 bridgehead atoms. The molecule has 0 spiro atoms. The molecule has 0 fully saturated rings. The lowest BCUT2D eigenvalue weighted by atomic mass is 9.98. The van der Waals surface area contributed by atoms with Crippen LogP contribution in [0.25, 0.3) is 65.7 Å². The normalized spacial score (nSPS) is 10.9. The Labute approximate surface area is 319 Å². The summed E-state index contributed by atoms with van der Waals surface area (Å²) in [6.45, 7) is 0. The second kappa shape index (κ2) is 13.9. The van der Waals surface area contributed by atoms with E-state index < -0.39 is 0 Å². The van der Waals surface area contributed by atoms with Crippen LogP contribution in [0.3, 0.4) is 0 Å². The number of hydrogen-bond donors (Lipinski definition) is 0. The van der Waals surface area contributed by atoms with Crippen molar-refractivity contribution in [3.8, 4) is 51.6 Å². The first-order chi connectivity index (χ1) is 27.0. The number of nitrogens with zero attached hydrogens (tertiary/aromatic N) is 4. The predicted octanol–water partition coefficient (Wildman–Crippen LogP) is 13.2. The van der Waals surface area contributed by atoms with Crippen molar-refractivity contribution in [3.63, 3.8) is 0 Å². The summed E-state index contributed by atoms with van der Waals surface area (Å²) in [6.07, 6.45) is 0. The Bertz CT molecular complexity index is 2710. The van der Waals surface area contributed by atoms with Crippen LogP contribution < -0.4 is 4.90 Å². The number of rotatable bonds is 6. The molecule has 0 amide bonds. The van der Waals surface area contributed by atoms with E-state index in [0.29, 0.717) is 16.7 Å². The van der Waals surface area contributed by atoms with E-state index in [0.717, 1.165) is 82.8 Å². The molecule has 9 aromatic rings. The van der Waals surface area contributed by atoms with Crippen LogP contribution >= 0.6 is 0 Å². The molecule has 0 heterocycles. The van der Waals surface area contributed by atoms with Crippen LogP contribution in [0.5, 0.6) is 0 Å². The summed E-state index contributed by atoms with van der Waals surface area (Å²) in [6, 6.07) is 69.1. The van der Waals surface area contributed by atoms with Gasteiger partial charge in [-0.2, -0.15) is 15.8 Å². The molecule has 254 valence electrons. The highest BCUT2D eigenvalue weighted by Gasteiger charge is 2.15. The molecule has 0 N–H and O–H groups in total. The molecule has 9 rings (SSSR count). The number of nitriles is 3. The average molecular weight is 699 g/mol. The van der Waals surface area contributed by atoms with Gasteiger partial charge in [0.05, 0.1) is 34.9 Å².